The monoisotopic (exact) mass is 407 g/mol. The number of rotatable bonds is 4. The minimum absolute atomic E-state index is 0.142. The molecule has 7 heteroatoms. The highest BCUT2D eigenvalue weighted by atomic mass is 79.9. The number of nitrogens with one attached hydrogen (secondary N) is 1. The number of nitrogens with two attached hydrogens (primary N) is 1. The van der Waals surface area contributed by atoms with Gasteiger partial charge in [0.2, 0.25) is 5.78 Å². The molecule has 0 atom stereocenters. The zero-order valence-electron chi connectivity index (χ0n) is 11.7. The molecule has 1 aromatic heterocycles. The summed E-state index contributed by atoms with van der Waals surface area (Å²) >= 11 is 10.4. The minimum atomic E-state index is -0.142. The summed E-state index contributed by atoms with van der Waals surface area (Å²) in [7, 11) is 0. The van der Waals surface area contributed by atoms with E-state index in [0.29, 0.717) is 20.6 Å². The second-order valence-corrected chi connectivity index (χ2v) is 7.05. The number of benzene rings is 2. The number of thiazole rings is 1. The Morgan fingerprint density at radius 2 is 1.78 bits per heavy atom. The molecular weight excluding hydrogens is 398 g/mol. The van der Waals surface area contributed by atoms with Gasteiger partial charge in [-0.2, -0.15) is 0 Å². The Hall–Kier alpha value is -1.89. The molecule has 0 amide bonds. The number of carbonyl (C=O) groups excluding carboxylic acids is 1. The van der Waals surface area contributed by atoms with Gasteiger partial charge in [0.05, 0.1) is 0 Å². The van der Waals surface area contributed by atoms with Crippen LogP contribution in [0.2, 0.25) is 5.02 Å². The lowest BCUT2D eigenvalue weighted by molar-refractivity contribution is 0.104. The first-order valence-corrected chi connectivity index (χ1v) is 8.61. The van der Waals surface area contributed by atoms with Crippen LogP contribution in [-0.2, 0) is 0 Å². The summed E-state index contributed by atoms with van der Waals surface area (Å²) in [5.74, 6) is 0.0797. The van der Waals surface area contributed by atoms with Gasteiger partial charge in [-0.25, -0.2) is 4.98 Å². The third-order valence-corrected chi connectivity index (χ3v) is 4.83. The van der Waals surface area contributed by atoms with Crippen molar-refractivity contribution in [3.8, 4) is 0 Å². The van der Waals surface area contributed by atoms with E-state index in [0.717, 1.165) is 10.2 Å². The van der Waals surface area contributed by atoms with Gasteiger partial charge in [0.15, 0.2) is 5.13 Å². The quantitative estimate of drug-likeness (QED) is 0.588. The van der Waals surface area contributed by atoms with Crippen LogP contribution in [0, 0.1) is 0 Å². The number of halogens is 2. The Morgan fingerprint density at radius 3 is 2.43 bits per heavy atom. The number of anilines is 3. The van der Waals surface area contributed by atoms with Crippen LogP contribution >= 0.6 is 38.9 Å². The summed E-state index contributed by atoms with van der Waals surface area (Å²) in [5.41, 5.74) is 7.29. The minimum Gasteiger partial charge on any atom is -0.382 e. The largest absolute Gasteiger partial charge is 0.382 e. The highest BCUT2D eigenvalue weighted by Crippen LogP contribution is 2.30. The molecule has 0 bridgehead atoms. The number of aromatic nitrogens is 1. The number of ketones is 1. The van der Waals surface area contributed by atoms with Crippen molar-refractivity contribution in [3.05, 3.63) is 68.5 Å². The second kappa shape index (κ2) is 6.70. The highest BCUT2D eigenvalue weighted by molar-refractivity contribution is 9.10. The van der Waals surface area contributed by atoms with E-state index in [-0.39, 0.29) is 11.6 Å². The summed E-state index contributed by atoms with van der Waals surface area (Å²) in [5, 5.41) is 4.33. The van der Waals surface area contributed by atoms with Crippen LogP contribution in [0.5, 0.6) is 0 Å². The number of nitrogens with zero attached hydrogens (tertiary/aromatic N) is 1. The fraction of sp³-hybridized carbons (Fsp3) is 0. The van der Waals surface area contributed by atoms with Crippen LogP contribution < -0.4 is 11.1 Å². The first kappa shape index (κ1) is 16.0. The number of nitrogen functional groups attached to an aromatic ring is 1. The van der Waals surface area contributed by atoms with Gasteiger partial charge in [-0.1, -0.05) is 38.9 Å². The van der Waals surface area contributed by atoms with E-state index in [1.54, 1.807) is 24.3 Å². The molecule has 0 spiro atoms. The molecule has 0 saturated heterocycles. The molecular formula is C16H11BrClN3OS. The van der Waals surface area contributed by atoms with Gasteiger partial charge in [-0.3, -0.25) is 4.79 Å². The van der Waals surface area contributed by atoms with Crippen LogP contribution in [0.25, 0.3) is 0 Å². The topological polar surface area (TPSA) is 68.0 Å². The van der Waals surface area contributed by atoms with Crippen molar-refractivity contribution >= 4 is 61.3 Å². The fourth-order valence-corrected chi connectivity index (χ4v) is 3.19. The molecule has 23 heavy (non-hydrogen) atoms. The molecule has 116 valence electrons. The van der Waals surface area contributed by atoms with Crippen LogP contribution in [-0.4, -0.2) is 10.8 Å². The van der Waals surface area contributed by atoms with Crippen molar-refractivity contribution in [2.24, 2.45) is 0 Å². The highest BCUT2D eigenvalue weighted by Gasteiger charge is 2.18. The lowest BCUT2D eigenvalue weighted by atomic mass is 10.1. The van der Waals surface area contributed by atoms with Gasteiger partial charge in [-0.05, 0) is 48.5 Å². The van der Waals surface area contributed by atoms with Gasteiger partial charge < -0.3 is 11.1 Å². The van der Waals surface area contributed by atoms with Gasteiger partial charge >= 0.3 is 0 Å². The first-order valence-electron chi connectivity index (χ1n) is 6.62. The standard InChI is InChI=1S/C16H11BrClN3OS/c17-10-3-1-9(2-4-10)13(22)14-15(19)21-16(23-14)20-12-7-5-11(18)6-8-12/h1-8H,19H2,(H,20,21). The lowest BCUT2D eigenvalue weighted by Gasteiger charge is -2.01. The van der Waals surface area contributed by atoms with Crippen molar-refractivity contribution in [1.82, 2.24) is 4.98 Å². The van der Waals surface area contributed by atoms with Gasteiger partial charge in [0.1, 0.15) is 10.7 Å². The van der Waals surface area contributed by atoms with Crippen molar-refractivity contribution in [2.75, 3.05) is 11.1 Å². The lowest BCUT2D eigenvalue weighted by Crippen LogP contribution is -2.02. The third kappa shape index (κ3) is 3.72. The average molecular weight is 409 g/mol. The summed E-state index contributed by atoms with van der Waals surface area (Å²) in [4.78, 5) is 17.2. The van der Waals surface area contributed by atoms with Crippen molar-refractivity contribution in [3.63, 3.8) is 0 Å². The second-order valence-electron chi connectivity index (χ2n) is 4.70. The molecule has 0 radical (unpaired) electrons. The SMILES string of the molecule is Nc1nc(Nc2ccc(Cl)cc2)sc1C(=O)c1ccc(Br)cc1. The van der Waals surface area contributed by atoms with Crippen LogP contribution in [0.1, 0.15) is 15.2 Å². The molecule has 0 fully saturated rings. The molecule has 0 aliphatic rings. The van der Waals surface area contributed by atoms with Crippen LogP contribution in [0.4, 0.5) is 16.6 Å². The number of hydrogen-bond donors (Lipinski definition) is 2. The Balaban J connectivity index is 1.84. The fourth-order valence-electron chi connectivity index (χ4n) is 1.94. The zero-order chi connectivity index (χ0) is 16.4. The average Bonchev–Trinajstić information content (AvgIpc) is 2.90. The predicted molar refractivity (Wildman–Crippen MR) is 98.8 cm³/mol. The van der Waals surface area contributed by atoms with E-state index in [4.69, 9.17) is 17.3 Å². The van der Waals surface area contributed by atoms with Gasteiger partial charge in [-0.15, -0.1) is 0 Å². The van der Waals surface area contributed by atoms with Crippen molar-refractivity contribution in [2.45, 2.75) is 0 Å². The summed E-state index contributed by atoms with van der Waals surface area (Å²) in [6.45, 7) is 0. The first-order chi connectivity index (χ1) is 11.0. The molecule has 3 aromatic rings. The predicted octanol–water partition coefficient (Wildman–Crippen LogP) is 5.12. The van der Waals surface area contributed by atoms with E-state index in [2.05, 4.69) is 26.2 Å². The summed E-state index contributed by atoms with van der Waals surface area (Å²) in [6.07, 6.45) is 0. The van der Waals surface area contributed by atoms with Crippen molar-refractivity contribution < 1.29 is 4.79 Å². The Bertz CT molecular complexity index is 847. The van der Waals surface area contributed by atoms with Gasteiger partial charge in [0.25, 0.3) is 0 Å². The third-order valence-electron chi connectivity index (χ3n) is 3.06. The molecule has 1 heterocycles. The summed E-state index contributed by atoms with van der Waals surface area (Å²) < 4.78 is 0.913. The summed E-state index contributed by atoms with van der Waals surface area (Å²) in [6, 6.07) is 14.3. The smallest absolute Gasteiger partial charge is 0.206 e. The van der Waals surface area contributed by atoms with Crippen molar-refractivity contribution in [1.29, 1.82) is 0 Å². The van der Waals surface area contributed by atoms with Gasteiger partial charge in [0, 0.05) is 20.7 Å². The molecule has 3 rings (SSSR count). The Kier molecular flexibility index (Phi) is 4.66. The molecule has 4 nitrogen and oxygen atoms in total. The van der Waals surface area contributed by atoms with Crippen LogP contribution in [0.3, 0.4) is 0 Å². The van der Waals surface area contributed by atoms with E-state index < -0.39 is 0 Å². The normalized spacial score (nSPS) is 10.5. The Labute approximate surface area is 150 Å². The molecule has 0 aliphatic carbocycles. The van der Waals surface area contributed by atoms with E-state index in [1.165, 1.54) is 11.3 Å². The van der Waals surface area contributed by atoms with E-state index in [9.17, 15) is 4.79 Å². The number of hydrogen-bond acceptors (Lipinski definition) is 5. The molecule has 0 saturated carbocycles. The molecule has 0 unspecified atom stereocenters. The molecule has 2 aromatic carbocycles. The maximum atomic E-state index is 12.5. The van der Waals surface area contributed by atoms with Crippen LogP contribution in [0.15, 0.2) is 53.0 Å². The zero-order valence-corrected chi connectivity index (χ0v) is 14.9. The molecule has 3 N–H and O–H groups in total. The maximum absolute atomic E-state index is 12.5. The number of carbonyl (C=O) groups is 1. The molecule has 0 aliphatic heterocycles. The van der Waals surface area contributed by atoms with E-state index in [1.807, 2.05) is 24.3 Å². The van der Waals surface area contributed by atoms with E-state index >= 15 is 0 Å². The maximum Gasteiger partial charge on any atom is 0.206 e. The Morgan fingerprint density at radius 1 is 1.13 bits per heavy atom.